The van der Waals surface area contributed by atoms with E-state index in [1.807, 2.05) is 0 Å². The van der Waals surface area contributed by atoms with E-state index in [4.69, 9.17) is 9.73 Å². The van der Waals surface area contributed by atoms with Crippen molar-refractivity contribution in [3.8, 4) is 0 Å². The number of rotatable bonds is 1. The molecule has 5 rings (SSSR count). The molecule has 3 aliphatic rings. The highest BCUT2D eigenvalue weighted by Crippen LogP contribution is 2.43. The molecule has 26 heavy (non-hydrogen) atoms. The average molecular weight is 346 g/mol. The first-order valence-electron chi connectivity index (χ1n) is 9.93. The number of nitrogens with one attached hydrogen (secondary N) is 1. The second kappa shape index (κ2) is 6.55. The minimum atomic E-state index is 0.110. The van der Waals surface area contributed by atoms with Crippen molar-refractivity contribution in [1.82, 2.24) is 0 Å². The predicted molar refractivity (Wildman–Crippen MR) is 106 cm³/mol. The maximum atomic E-state index is 5.70. The van der Waals surface area contributed by atoms with E-state index in [1.165, 1.54) is 41.1 Å². The molecule has 0 amide bonds. The first kappa shape index (κ1) is 16.1. The summed E-state index contributed by atoms with van der Waals surface area (Å²) in [4.78, 5) is 5.36. The zero-order chi connectivity index (χ0) is 17.4. The minimum absolute atomic E-state index is 0.110. The van der Waals surface area contributed by atoms with Gasteiger partial charge in [0.25, 0.3) is 0 Å². The number of benzene rings is 2. The Morgan fingerprint density at radius 1 is 0.962 bits per heavy atom. The highest BCUT2D eigenvalue weighted by Gasteiger charge is 2.42. The average Bonchev–Trinajstić information content (AvgIpc) is 2.69. The van der Waals surface area contributed by atoms with Crippen LogP contribution in [-0.2, 0) is 17.6 Å². The molecule has 0 saturated carbocycles. The van der Waals surface area contributed by atoms with Gasteiger partial charge < -0.3 is 10.1 Å². The van der Waals surface area contributed by atoms with Gasteiger partial charge in [0.15, 0.2) is 0 Å². The summed E-state index contributed by atoms with van der Waals surface area (Å²) in [5.41, 5.74) is 5.66. The summed E-state index contributed by atoms with van der Waals surface area (Å²) in [5.74, 6) is 1.20. The molecule has 2 aromatic rings. The summed E-state index contributed by atoms with van der Waals surface area (Å²) in [6.07, 6.45) is 6.75. The number of hydrogen-bond acceptors (Lipinski definition) is 2. The summed E-state index contributed by atoms with van der Waals surface area (Å²) in [7, 11) is 0. The number of nitrogens with zero attached hydrogens (tertiary/aromatic N) is 1. The first-order chi connectivity index (χ1) is 12.8. The molecule has 2 aromatic carbocycles. The lowest BCUT2D eigenvalue weighted by atomic mass is 9.71. The van der Waals surface area contributed by atoms with Crippen LogP contribution in [0.4, 0.5) is 5.69 Å². The van der Waals surface area contributed by atoms with Crippen molar-refractivity contribution in [2.45, 2.75) is 44.6 Å². The van der Waals surface area contributed by atoms with Crippen LogP contribution in [0.25, 0.3) is 0 Å². The molecule has 1 N–H and O–H groups in total. The quantitative estimate of drug-likeness (QED) is 0.794. The molecular formula is C23H26N2O. The number of hydrogen-bond donors (Lipinski definition) is 1. The summed E-state index contributed by atoms with van der Waals surface area (Å²) in [5, 5.41) is 3.73. The third-order valence-corrected chi connectivity index (χ3v) is 6.37. The predicted octanol–water partition coefficient (Wildman–Crippen LogP) is 4.93. The lowest BCUT2D eigenvalue weighted by molar-refractivity contribution is 0.0447. The Hall–Kier alpha value is -2.13. The lowest BCUT2D eigenvalue weighted by Crippen LogP contribution is -2.46. The Kier molecular flexibility index (Phi) is 4.05. The molecule has 3 heteroatoms. The third kappa shape index (κ3) is 2.75. The van der Waals surface area contributed by atoms with Gasteiger partial charge in [0.05, 0.1) is 6.04 Å². The van der Waals surface area contributed by atoms with Gasteiger partial charge in [-0.2, -0.15) is 0 Å². The van der Waals surface area contributed by atoms with E-state index >= 15 is 0 Å². The highest BCUT2D eigenvalue weighted by atomic mass is 16.5. The Labute approximate surface area is 155 Å². The van der Waals surface area contributed by atoms with Crippen LogP contribution in [0.3, 0.4) is 0 Å². The molecule has 1 saturated heterocycles. The van der Waals surface area contributed by atoms with Crippen LogP contribution in [0.2, 0.25) is 0 Å². The molecule has 2 aliphatic heterocycles. The van der Waals surface area contributed by atoms with Crippen molar-refractivity contribution in [3.05, 3.63) is 65.2 Å². The summed E-state index contributed by atoms with van der Waals surface area (Å²) in [6, 6.07) is 17.8. The fraction of sp³-hybridized carbons (Fsp3) is 0.435. The van der Waals surface area contributed by atoms with E-state index in [-0.39, 0.29) is 11.5 Å². The van der Waals surface area contributed by atoms with Gasteiger partial charge in [-0.05, 0) is 61.3 Å². The number of amidine groups is 1. The van der Waals surface area contributed by atoms with Gasteiger partial charge in [-0.3, -0.25) is 4.99 Å². The lowest BCUT2D eigenvalue weighted by Gasteiger charge is -2.43. The number of ether oxygens (including phenoxy) is 1. The fourth-order valence-corrected chi connectivity index (χ4v) is 4.87. The Morgan fingerprint density at radius 3 is 2.62 bits per heavy atom. The number of anilines is 1. The molecule has 1 spiro atoms. The van der Waals surface area contributed by atoms with E-state index in [0.29, 0.717) is 0 Å². The number of fused-ring (bicyclic) bond motifs is 2. The van der Waals surface area contributed by atoms with E-state index in [0.717, 1.165) is 38.9 Å². The van der Waals surface area contributed by atoms with E-state index < -0.39 is 0 Å². The standard InChI is InChI=1S/C23H26N2O/c1-3-9-19-17(6-1)8-5-11-21(19)25-22-23(12-14-26-15-13-23)16-18-7-2-4-10-20(18)24-22/h1-4,6-7,9-10,21H,5,8,11-16H2,(H,24,25). The van der Waals surface area contributed by atoms with Crippen LogP contribution in [0, 0.1) is 5.41 Å². The largest absolute Gasteiger partial charge is 0.381 e. The van der Waals surface area contributed by atoms with Crippen molar-refractivity contribution in [3.63, 3.8) is 0 Å². The normalized spacial score (nSPS) is 25.4. The molecule has 2 heterocycles. The van der Waals surface area contributed by atoms with Crippen molar-refractivity contribution in [1.29, 1.82) is 0 Å². The summed E-state index contributed by atoms with van der Waals surface area (Å²) in [6.45, 7) is 1.67. The fourth-order valence-electron chi connectivity index (χ4n) is 4.87. The molecule has 1 fully saturated rings. The van der Waals surface area contributed by atoms with Gasteiger partial charge in [-0.15, -0.1) is 0 Å². The summed E-state index contributed by atoms with van der Waals surface area (Å²) >= 11 is 0. The van der Waals surface area contributed by atoms with Gasteiger partial charge >= 0.3 is 0 Å². The molecule has 0 aromatic heterocycles. The van der Waals surface area contributed by atoms with E-state index in [2.05, 4.69) is 53.8 Å². The number of para-hydroxylation sites is 1. The number of aliphatic imine (C=N–C) groups is 1. The maximum Gasteiger partial charge on any atom is 0.108 e. The van der Waals surface area contributed by atoms with Gasteiger partial charge in [-0.1, -0.05) is 42.5 Å². The SMILES string of the molecule is c1ccc2c(c1)CC1(CCOCC1)C(=NC1CCCc3ccccc31)N2. The van der Waals surface area contributed by atoms with Crippen LogP contribution in [-0.4, -0.2) is 19.0 Å². The molecule has 0 radical (unpaired) electrons. The number of aryl methyl sites for hydroxylation is 1. The van der Waals surface area contributed by atoms with Crippen LogP contribution < -0.4 is 5.32 Å². The second-order valence-electron chi connectivity index (χ2n) is 7.94. The zero-order valence-electron chi connectivity index (χ0n) is 15.2. The second-order valence-corrected chi connectivity index (χ2v) is 7.94. The van der Waals surface area contributed by atoms with Crippen molar-refractivity contribution < 1.29 is 4.74 Å². The van der Waals surface area contributed by atoms with E-state index in [9.17, 15) is 0 Å². The molecule has 1 unspecified atom stereocenters. The van der Waals surface area contributed by atoms with Gasteiger partial charge in [0.1, 0.15) is 5.84 Å². The molecule has 1 aliphatic carbocycles. The molecule has 3 nitrogen and oxygen atoms in total. The van der Waals surface area contributed by atoms with Gasteiger partial charge in [0, 0.05) is 24.3 Å². The molecule has 1 atom stereocenters. The minimum Gasteiger partial charge on any atom is -0.381 e. The smallest absolute Gasteiger partial charge is 0.108 e. The Balaban J connectivity index is 1.57. The van der Waals surface area contributed by atoms with Gasteiger partial charge in [-0.25, -0.2) is 0 Å². The molecule has 134 valence electrons. The van der Waals surface area contributed by atoms with Crippen molar-refractivity contribution in [2.24, 2.45) is 10.4 Å². The first-order valence-corrected chi connectivity index (χ1v) is 9.93. The van der Waals surface area contributed by atoms with Crippen LogP contribution in [0.15, 0.2) is 53.5 Å². The Bertz CT molecular complexity index is 836. The maximum absolute atomic E-state index is 5.70. The van der Waals surface area contributed by atoms with Crippen molar-refractivity contribution in [2.75, 3.05) is 18.5 Å². The monoisotopic (exact) mass is 346 g/mol. The Morgan fingerprint density at radius 2 is 1.73 bits per heavy atom. The topological polar surface area (TPSA) is 33.6 Å². The third-order valence-electron chi connectivity index (χ3n) is 6.37. The van der Waals surface area contributed by atoms with Crippen LogP contribution in [0.1, 0.15) is 48.4 Å². The molecular weight excluding hydrogens is 320 g/mol. The van der Waals surface area contributed by atoms with Crippen LogP contribution in [0.5, 0.6) is 0 Å². The van der Waals surface area contributed by atoms with E-state index in [1.54, 1.807) is 0 Å². The zero-order valence-corrected chi connectivity index (χ0v) is 15.2. The van der Waals surface area contributed by atoms with Crippen LogP contribution >= 0.6 is 0 Å². The summed E-state index contributed by atoms with van der Waals surface area (Å²) < 4.78 is 5.70. The molecule has 0 bridgehead atoms. The van der Waals surface area contributed by atoms with Crippen molar-refractivity contribution >= 4 is 11.5 Å². The highest BCUT2D eigenvalue weighted by molar-refractivity contribution is 6.02. The van der Waals surface area contributed by atoms with Gasteiger partial charge in [0.2, 0.25) is 0 Å².